The minimum atomic E-state index is -0.735. The fraction of sp³-hybridized carbons (Fsp3) is 0.192. The summed E-state index contributed by atoms with van der Waals surface area (Å²) >= 11 is 0. The number of benzene rings is 2. The number of imidazole rings is 1. The van der Waals surface area contributed by atoms with Crippen LogP contribution in [0.1, 0.15) is 44.5 Å². The van der Waals surface area contributed by atoms with Crippen molar-refractivity contribution in [1.29, 1.82) is 0 Å². The molecule has 0 spiro atoms. The van der Waals surface area contributed by atoms with Crippen LogP contribution in [-0.2, 0) is 13.7 Å². The number of hydrogen-bond donors (Lipinski definition) is 1. The SMILES string of the molecule is Cc1cc(C(=O)NC(c2ccccc2F)c2nccn2C)cc(C)c1OCc1cccnc1. The number of halogens is 1. The lowest BCUT2D eigenvalue weighted by Crippen LogP contribution is -2.31. The summed E-state index contributed by atoms with van der Waals surface area (Å²) in [7, 11) is 1.81. The first-order valence-electron chi connectivity index (χ1n) is 10.6. The Morgan fingerprint density at radius 3 is 2.52 bits per heavy atom. The predicted octanol–water partition coefficient (Wildman–Crippen LogP) is 4.67. The van der Waals surface area contributed by atoms with Gasteiger partial charge < -0.3 is 14.6 Å². The molecule has 7 heteroatoms. The van der Waals surface area contributed by atoms with Gasteiger partial charge in [-0.25, -0.2) is 9.37 Å². The van der Waals surface area contributed by atoms with Gasteiger partial charge in [0.2, 0.25) is 0 Å². The molecule has 1 N–H and O–H groups in total. The first-order chi connectivity index (χ1) is 15.9. The molecular weight excluding hydrogens is 419 g/mol. The fourth-order valence-electron chi connectivity index (χ4n) is 3.81. The van der Waals surface area contributed by atoms with Crippen LogP contribution in [0.2, 0.25) is 0 Å². The van der Waals surface area contributed by atoms with Gasteiger partial charge in [0.1, 0.15) is 30.0 Å². The number of nitrogens with zero attached hydrogens (tertiary/aromatic N) is 3. The highest BCUT2D eigenvalue weighted by molar-refractivity contribution is 5.95. The molecule has 0 fully saturated rings. The van der Waals surface area contributed by atoms with Crippen LogP contribution in [-0.4, -0.2) is 20.4 Å². The van der Waals surface area contributed by atoms with Gasteiger partial charge >= 0.3 is 0 Å². The molecule has 0 bridgehead atoms. The van der Waals surface area contributed by atoms with Crippen LogP contribution >= 0.6 is 0 Å². The van der Waals surface area contributed by atoms with Gasteiger partial charge in [0.25, 0.3) is 5.91 Å². The topological polar surface area (TPSA) is 69.0 Å². The molecule has 0 saturated heterocycles. The van der Waals surface area contributed by atoms with Crippen LogP contribution in [0, 0.1) is 19.7 Å². The molecule has 168 valence electrons. The number of ether oxygens (including phenoxy) is 1. The van der Waals surface area contributed by atoms with Gasteiger partial charge in [-0.05, 0) is 49.2 Å². The molecule has 0 radical (unpaired) electrons. The summed E-state index contributed by atoms with van der Waals surface area (Å²) in [6, 6.07) is 13.0. The number of carbonyl (C=O) groups excluding carboxylic acids is 1. The van der Waals surface area contributed by atoms with Crippen LogP contribution in [0.25, 0.3) is 0 Å². The molecule has 0 saturated carbocycles. The van der Waals surface area contributed by atoms with Crippen molar-refractivity contribution in [3.05, 3.63) is 113 Å². The molecule has 4 aromatic rings. The Morgan fingerprint density at radius 1 is 1.12 bits per heavy atom. The van der Waals surface area contributed by atoms with E-state index in [1.165, 1.54) is 6.07 Å². The van der Waals surface area contributed by atoms with Crippen molar-refractivity contribution in [2.24, 2.45) is 7.05 Å². The Morgan fingerprint density at radius 2 is 1.88 bits per heavy atom. The number of aromatic nitrogens is 3. The highest BCUT2D eigenvalue weighted by Gasteiger charge is 2.24. The Bertz CT molecular complexity index is 1250. The lowest BCUT2D eigenvalue weighted by molar-refractivity contribution is 0.0940. The van der Waals surface area contributed by atoms with Crippen LogP contribution in [0.5, 0.6) is 5.75 Å². The maximum Gasteiger partial charge on any atom is 0.252 e. The quantitative estimate of drug-likeness (QED) is 0.450. The smallest absolute Gasteiger partial charge is 0.252 e. The van der Waals surface area contributed by atoms with Gasteiger partial charge in [0, 0.05) is 48.5 Å². The van der Waals surface area contributed by atoms with E-state index in [1.54, 1.807) is 59.7 Å². The number of hydrogen-bond acceptors (Lipinski definition) is 4. The summed E-state index contributed by atoms with van der Waals surface area (Å²) in [5.74, 6) is 0.539. The van der Waals surface area contributed by atoms with Gasteiger partial charge in [0.05, 0.1) is 0 Å². The molecule has 4 rings (SSSR count). The Labute approximate surface area is 192 Å². The van der Waals surface area contributed by atoms with Gasteiger partial charge in [-0.15, -0.1) is 0 Å². The molecule has 2 aromatic heterocycles. The fourth-order valence-corrected chi connectivity index (χ4v) is 3.81. The minimum absolute atomic E-state index is 0.323. The van der Waals surface area contributed by atoms with E-state index in [-0.39, 0.29) is 5.91 Å². The van der Waals surface area contributed by atoms with E-state index in [1.807, 2.05) is 33.0 Å². The molecule has 2 aromatic carbocycles. The summed E-state index contributed by atoms with van der Waals surface area (Å²) < 4.78 is 22.4. The summed E-state index contributed by atoms with van der Waals surface area (Å²) in [4.78, 5) is 21.7. The van der Waals surface area contributed by atoms with Crippen molar-refractivity contribution in [2.45, 2.75) is 26.5 Å². The van der Waals surface area contributed by atoms with E-state index in [2.05, 4.69) is 15.3 Å². The molecule has 1 unspecified atom stereocenters. The molecule has 6 nitrogen and oxygen atoms in total. The van der Waals surface area contributed by atoms with E-state index in [0.717, 1.165) is 22.4 Å². The largest absolute Gasteiger partial charge is 0.488 e. The Balaban J connectivity index is 1.58. The van der Waals surface area contributed by atoms with Crippen molar-refractivity contribution in [3.63, 3.8) is 0 Å². The van der Waals surface area contributed by atoms with Gasteiger partial charge in [-0.1, -0.05) is 24.3 Å². The second-order valence-corrected chi connectivity index (χ2v) is 7.91. The van der Waals surface area contributed by atoms with Crippen LogP contribution in [0.15, 0.2) is 73.3 Å². The number of aryl methyl sites for hydroxylation is 3. The standard InChI is InChI=1S/C26H25FN4O2/c1-17-13-20(14-18(2)24(17)33-16-19-7-6-10-28-15-19)26(32)30-23(25-29-11-12-31(25)3)21-8-4-5-9-22(21)27/h4-15,23H,16H2,1-3H3,(H,30,32). The van der Waals surface area contributed by atoms with E-state index < -0.39 is 11.9 Å². The maximum absolute atomic E-state index is 14.6. The first kappa shape index (κ1) is 22.2. The first-order valence-corrected chi connectivity index (χ1v) is 10.6. The lowest BCUT2D eigenvalue weighted by atomic mass is 10.0. The predicted molar refractivity (Wildman–Crippen MR) is 123 cm³/mol. The number of pyridine rings is 1. The maximum atomic E-state index is 14.6. The number of carbonyl (C=O) groups is 1. The molecule has 1 atom stereocenters. The second kappa shape index (κ2) is 9.65. The zero-order valence-corrected chi connectivity index (χ0v) is 18.7. The van der Waals surface area contributed by atoms with Crippen molar-refractivity contribution >= 4 is 5.91 Å². The monoisotopic (exact) mass is 444 g/mol. The van der Waals surface area contributed by atoms with Crippen molar-refractivity contribution in [3.8, 4) is 5.75 Å². The number of amides is 1. The summed E-state index contributed by atoms with van der Waals surface area (Å²) in [5.41, 5.74) is 3.45. The average Bonchev–Trinajstić information content (AvgIpc) is 3.23. The minimum Gasteiger partial charge on any atom is -0.488 e. The Kier molecular flexibility index (Phi) is 6.49. The highest BCUT2D eigenvalue weighted by Crippen LogP contribution is 2.27. The average molecular weight is 445 g/mol. The normalized spacial score (nSPS) is 11.8. The van der Waals surface area contributed by atoms with E-state index in [4.69, 9.17) is 4.74 Å². The number of rotatable bonds is 7. The summed E-state index contributed by atoms with van der Waals surface area (Å²) in [6.07, 6.45) is 6.86. The van der Waals surface area contributed by atoms with Crippen molar-refractivity contribution in [2.75, 3.05) is 0 Å². The highest BCUT2D eigenvalue weighted by atomic mass is 19.1. The van der Waals surface area contributed by atoms with Gasteiger partial charge in [-0.3, -0.25) is 9.78 Å². The van der Waals surface area contributed by atoms with Gasteiger partial charge in [-0.2, -0.15) is 0 Å². The van der Waals surface area contributed by atoms with Crippen LogP contribution < -0.4 is 10.1 Å². The third kappa shape index (κ3) is 4.92. The number of nitrogens with one attached hydrogen (secondary N) is 1. The van der Waals surface area contributed by atoms with Crippen LogP contribution in [0.4, 0.5) is 4.39 Å². The molecule has 33 heavy (non-hydrogen) atoms. The van der Waals surface area contributed by atoms with Crippen molar-refractivity contribution < 1.29 is 13.9 Å². The van der Waals surface area contributed by atoms with E-state index in [9.17, 15) is 9.18 Å². The van der Waals surface area contributed by atoms with E-state index >= 15 is 0 Å². The van der Waals surface area contributed by atoms with Crippen LogP contribution in [0.3, 0.4) is 0 Å². The molecular formula is C26H25FN4O2. The molecule has 1 amide bonds. The zero-order valence-electron chi connectivity index (χ0n) is 18.7. The molecule has 0 aliphatic heterocycles. The zero-order chi connectivity index (χ0) is 23.4. The lowest BCUT2D eigenvalue weighted by Gasteiger charge is -2.20. The van der Waals surface area contributed by atoms with Gasteiger partial charge in [0.15, 0.2) is 0 Å². The van der Waals surface area contributed by atoms with E-state index in [0.29, 0.717) is 23.6 Å². The third-order valence-corrected chi connectivity index (χ3v) is 5.44. The summed E-state index contributed by atoms with van der Waals surface area (Å²) in [6.45, 7) is 4.18. The molecule has 2 heterocycles. The third-order valence-electron chi connectivity index (χ3n) is 5.44. The summed E-state index contributed by atoms with van der Waals surface area (Å²) in [5, 5.41) is 2.95. The molecule has 0 aliphatic rings. The second-order valence-electron chi connectivity index (χ2n) is 7.91. The van der Waals surface area contributed by atoms with Crippen molar-refractivity contribution in [1.82, 2.24) is 19.9 Å². The Hall–Kier alpha value is -4.00. The molecule has 0 aliphatic carbocycles.